The molecule has 0 bridgehead atoms. The zero-order chi connectivity index (χ0) is 17.8. The van der Waals surface area contributed by atoms with Crippen molar-refractivity contribution in [1.29, 1.82) is 0 Å². The third-order valence-electron chi connectivity index (χ3n) is 4.34. The summed E-state index contributed by atoms with van der Waals surface area (Å²) in [6.45, 7) is 0.0321. The molecule has 0 aromatic heterocycles. The van der Waals surface area contributed by atoms with Crippen LogP contribution in [-0.2, 0) is 11.3 Å². The van der Waals surface area contributed by atoms with Crippen molar-refractivity contribution >= 4 is 17.4 Å². The van der Waals surface area contributed by atoms with Gasteiger partial charge in [0.2, 0.25) is 0 Å². The van der Waals surface area contributed by atoms with Gasteiger partial charge in [-0.05, 0) is 42.8 Å². The van der Waals surface area contributed by atoms with Gasteiger partial charge in [-0.2, -0.15) is 0 Å². The van der Waals surface area contributed by atoms with Crippen LogP contribution in [-0.4, -0.2) is 24.4 Å². The lowest BCUT2D eigenvalue weighted by Crippen LogP contribution is -2.34. The predicted molar refractivity (Wildman–Crippen MR) is 95.0 cm³/mol. The van der Waals surface area contributed by atoms with Crippen LogP contribution in [0.4, 0.5) is 8.78 Å². The average molecular weight is 361 g/mol. The first kappa shape index (κ1) is 17.7. The molecule has 0 spiro atoms. The highest BCUT2D eigenvalue weighted by molar-refractivity contribution is 7.78. The summed E-state index contributed by atoms with van der Waals surface area (Å²) in [4.78, 5) is 3.97. The van der Waals surface area contributed by atoms with E-state index in [1.165, 1.54) is 0 Å². The Bertz CT molecular complexity index is 798. The van der Waals surface area contributed by atoms with Crippen molar-refractivity contribution in [1.82, 2.24) is 0 Å². The number of ether oxygens (including phenoxy) is 2. The summed E-state index contributed by atoms with van der Waals surface area (Å²) >= 11 is 4.55. The number of halogens is 2. The number of isothiocyanates is 1. The summed E-state index contributed by atoms with van der Waals surface area (Å²) in [6.07, 6.45) is 1.47. The summed E-state index contributed by atoms with van der Waals surface area (Å²) in [5.41, 5.74) is 1.00. The second-order valence-corrected chi connectivity index (χ2v) is 6.09. The molecule has 0 amide bonds. The Morgan fingerprint density at radius 2 is 1.84 bits per heavy atom. The minimum Gasteiger partial charge on any atom is -0.497 e. The van der Waals surface area contributed by atoms with E-state index in [4.69, 9.17) is 9.47 Å². The molecule has 0 radical (unpaired) electrons. The van der Waals surface area contributed by atoms with Gasteiger partial charge < -0.3 is 9.47 Å². The zero-order valence-corrected chi connectivity index (χ0v) is 14.5. The monoisotopic (exact) mass is 361 g/mol. The topological polar surface area (TPSA) is 30.8 Å². The highest BCUT2D eigenvalue weighted by atomic mass is 32.1. The van der Waals surface area contributed by atoms with E-state index in [2.05, 4.69) is 22.4 Å². The van der Waals surface area contributed by atoms with Crippen LogP contribution in [0.25, 0.3) is 11.1 Å². The van der Waals surface area contributed by atoms with Crippen LogP contribution in [0.3, 0.4) is 0 Å². The Hall–Kier alpha value is -2.14. The standard InChI is InChI=1S/C19H17F2NO2S/c1-23-15-5-2-12(3-6-15)17-7-4-13(18(20)19(17)21)10-24-16-8-14(9-16)22-11-25/h2-7,14,16H,8-10H2,1H3/t14-,16-. The minimum absolute atomic E-state index is 0.000765. The van der Waals surface area contributed by atoms with E-state index in [0.717, 1.165) is 12.8 Å². The Morgan fingerprint density at radius 1 is 1.12 bits per heavy atom. The summed E-state index contributed by atoms with van der Waals surface area (Å²) in [5, 5.41) is 2.34. The van der Waals surface area contributed by atoms with Gasteiger partial charge in [-0.15, -0.1) is 0 Å². The molecule has 0 N–H and O–H groups in total. The van der Waals surface area contributed by atoms with Crippen LogP contribution in [0.5, 0.6) is 5.75 Å². The first-order valence-electron chi connectivity index (χ1n) is 7.92. The quantitative estimate of drug-likeness (QED) is 0.547. The highest BCUT2D eigenvalue weighted by Crippen LogP contribution is 2.30. The molecule has 2 aromatic carbocycles. The first-order valence-corrected chi connectivity index (χ1v) is 8.33. The fraction of sp³-hybridized carbons (Fsp3) is 0.316. The Morgan fingerprint density at radius 3 is 2.48 bits per heavy atom. The average Bonchev–Trinajstić information content (AvgIpc) is 2.60. The molecule has 1 saturated carbocycles. The van der Waals surface area contributed by atoms with Gasteiger partial charge >= 0.3 is 0 Å². The van der Waals surface area contributed by atoms with E-state index in [0.29, 0.717) is 11.3 Å². The van der Waals surface area contributed by atoms with Crippen LogP contribution in [0, 0.1) is 11.6 Å². The smallest absolute Gasteiger partial charge is 0.167 e. The van der Waals surface area contributed by atoms with Gasteiger partial charge in [0, 0.05) is 11.1 Å². The Labute approximate surface area is 150 Å². The maximum Gasteiger partial charge on any atom is 0.167 e. The molecular formula is C19H17F2NO2S. The van der Waals surface area contributed by atoms with Crippen LogP contribution in [0.1, 0.15) is 18.4 Å². The van der Waals surface area contributed by atoms with Crippen LogP contribution in [0.15, 0.2) is 41.4 Å². The number of methoxy groups -OCH3 is 1. The molecule has 1 aliphatic rings. The van der Waals surface area contributed by atoms with Crippen molar-refractivity contribution in [2.45, 2.75) is 31.6 Å². The van der Waals surface area contributed by atoms with Crippen molar-refractivity contribution in [3.8, 4) is 16.9 Å². The number of nitrogens with zero attached hydrogens (tertiary/aromatic N) is 1. The fourth-order valence-electron chi connectivity index (χ4n) is 2.76. The number of aliphatic imine (C=N–C) groups is 1. The fourth-order valence-corrected chi connectivity index (χ4v) is 2.91. The van der Waals surface area contributed by atoms with Gasteiger partial charge in [0.05, 0.1) is 31.0 Å². The maximum absolute atomic E-state index is 14.4. The normalized spacial score (nSPS) is 19.0. The van der Waals surface area contributed by atoms with Crippen molar-refractivity contribution in [3.63, 3.8) is 0 Å². The number of rotatable bonds is 6. The first-order chi connectivity index (χ1) is 12.1. The third kappa shape index (κ3) is 3.93. The van der Waals surface area contributed by atoms with Crippen molar-refractivity contribution in [3.05, 3.63) is 53.6 Å². The predicted octanol–water partition coefficient (Wildman–Crippen LogP) is 4.79. The second-order valence-electron chi connectivity index (χ2n) is 5.91. The molecule has 130 valence electrons. The molecular weight excluding hydrogens is 344 g/mol. The molecule has 3 rings (SSSR count). The number of hydrogen-bond acceptors (Lipinski definition) is 4. The van der Waals surface area contributed by atoms with Gasteiger partial charge in [-0.3, -0.25) is 0 Å². The van der Waals surface area contributed by atoms with Gasteiger partial charge in [-0.1, -0.05) is 24.3 Å². The van der Waals surface area contributed by atoms with E-state index in [9.17, 15) is 8.78 Å². The van der Waals surface area contributed by atoms with E-state index in [1.807, 2.05) is 0 Å². The molecule has 0 unspecified atom stereocenters. The summed E-state index contributed by atoms with van der Waals surface area (Å²) in [5.74, 6) is -1.09. The molecule has 0 aliphatic heterocycles. The van der Waals surface area contributed by atoms with Crippen molar-refractivity contribution in [2.75, 3.05) is 7.11 Å². The lowest BCUT2D eigenvalue weighted by Gasteiger charge is -2.31. The van der Waals surface area contributed by atoms with Crippen LogP contribution in [0.2, 0.25) is 0 Å². The van der Waals surface area contributed by atoms with E-state index < -0.39 is 11.6 Å². The lowest BCUT2D eigenvalue weighted by atomic mass is 9.90. The van der Waals surface area contributed by atoms with Crippen LogP contribution < -0.4 is 4.74 Å². The molecule has 25 heavy (non-hydrogen) atoms. The van der Waals surface area contributed by atoms with Crippen LogP contribution >= 0.6 is 12.2 Å². The van der Waals surface area contributed by atoms with E-state index in [-0.39, 0.29) is 29.9 Å². The molecule has 1 fully saturated rings. The lowest BCUT2D eigenvalue weighted by molar-refractivity contribution is -0.0193. The number of thiocarbonyl (C=S) groups is 1. The molecule has 0 atom stereocenters. The van der Waals surface area contributed by atoms with Gasteiger partial charge in [0.15, 0.2) is 11.6 Å². The molecule has 0 heterocycles. The second kappa shape index (κ2) is 7.83. The van der Waals surface area contributed by atoms with E-state index >= 15 is 0 Å². The summed E-state index contributed by atoms with van der Waals surface area (Å²) in [7, 11) is 1.55. The number of hydrogen-bond donors (Lipinski definition) is 0. The van der Waals surface area contributed by atoms with Crippen molar-refractivity contribution in [2.24, 2.45) is 4.99 Å². The SMILES string of the molecule is COc1ccc(-c2ccc(CO[C@H]3C[C@H](N=C=S)C3)c(F)c2F)cc1. The summed E-state index contributed by atoms with van der Waals surface area (Å²) < 4.78 is 39.4. The zero-order valence-electron chi connectivity index (χ0n) is 13.7. The number of benzene rings is 2. The minimum atomic E-state index is -0.874. The molecule has 2 aromatic rings. The van der Waals surface area contributed by atoms with Crippen molar-refractivity contribution < 1.29 is 18.3 Å². The maximum atomic E-state index is 14.4. The highest BCUT2D eigenvalue weighted by Gasteiger charge is 2.29. The van der Waals surface area contributed by atoms with Gasteiger partial charge in [0.1, 0.15) is 5.75 Å². The van der Waals surface area contributed by atoms with Gasteiger partial charge in [-0.25, -0.2) is 13.8 Å². The molecule has 6 heteroatoms. The molecule has 0 saturated heterocycles. The van der Waals surface area contributed by atoms with Gasteiger partial charge in [0.25, 0.3) is 0 Å². The third-order valence-corrected chi connectivity index (χ3v) is 4.45. The molecule has 3 nitrogen and oxygen atoms in total. The summed E-state index contributed by atoms with van der Waals surface area (Å²) in [6, 6.07) is 10.1. The van der Waals surface area contributed by atoms with E-state index in [1.54, 1.807) is 43.5 Å². The Kier molecular flexibility index (Phi) is 5.53. The Balaban J connectivity index is 1.68. The largest absolute Gasteiger partial charge is 0.497 e. The molecule has 1 aliphatic carbocycles.